The van der Waals surface area contributed by atoms with Crippen LogP contribution in [0.1, 0.15) is 21.5 Å². The van der Waals surface area contributed by atoms with Crippen LogP contribution >= 0.6 is 0 Å². The van der Waals surface area contributed by atoms with Gasteiger partial charge in [-0.15, -0.1) is 0 Å². The molecule has 5 nitrogen and oxygen atoms in total. The minimum absolute atomic E-state index is 0.114. The van der Waals surface area contributed by atoms with Crippen LogP contribution in [-0.4, -0.2) is 25.0 Å². The SMILES string of the molecule is COC(=O)[C@@H](Cc1ccccc1C#N)NC(=O)c1ccc(F)cc1. The molecule has 0 bridgehead atoms. The Balaban J connectivity index is 2.20. The highest BCUT2D eigenvalue weighted by atomic mass is 19.1. The molecule has 0 spiro atoms. The van der Waals surface area contributed by atoms with Gasteiger partial charge in [0.1, 0.15) is 11.9 Å². The fourth-order valence-electron chi connectivity index (χ4n) is 2.21. The van der Waals surface area contributed by atoms with Crippen LogP contribution in [0.3, 0.4) is 0 Å². The van der Waals surface area contributed by atoms with E-state index < -0.39 is 23.7 Å². The predicted molar refractivity (Wildman–Crippen MR) is 84.5 cm³/mol. The van der Waals surface area contributed by atoms with Crippen molar-refractivity contribution < 1.29 is 18.7 Å². The van der Waals surface area contributed by atoms with Gasteiger partial charge in [-0.05, 0) is 35.9 Å². The van der Waals surface area contributed by atoms with Crippen molar-refractivity contribution in [3.8, 4) is 6.07 Å². The molecule has 0 aliphatic heterocycles. The van der Waals surface area contributed by atoms with E-state index in [2.05, 4.69) is 5.32 Å². The number of hydrogen-bond donors (Lipinski definition) is 1. The van der Waals surface area contributed by atoms with Crippen molar-refractivity contribution in [2.24, 2.45) is 0 Å². The molecule has 2 aromatic rings. The van der Waals surface area contributed by atoms with Gasteiger partial charge >= 0.3 is 5.97 Å². The molecular weight excluding hydrogens is 311 g/mol. The van der Waals surface area contributed by atoms with Gasteiger partial charge < -0.3 is 10.1 Å². The summed E-state index contributed by atoms with van der Waals surface area (Å²) in [6.07, 6.45) is 0.114. The number of carbonyl (C=O) groups is 2. The lowest BCUT2D eigenvalue weighted by Crippen LogP contribution is -2.43. The Morgan fingerprint density at radius 3 is 2.50 bits per heavy atom. The van der Waals surface area contributed by atoms with Gasteiger partial charge in [0.25, 0.3) is 5.91 Å². The van der Waals surface area contributed by atoms with Gasteiger partial charge in [0, 0.05) is 12.0 Å². The summed E-state index contributed by atoms with van der Waals surface area (Å²) in [4.78, 5) is 24.2. The second-order valence-electron chi connectivity index (χ2n) is 5.03. The lowest BCUT2D eigenvalue weighted by atomic mass is 10.0. The Hall–Kier alpha value is -3.20. The third kappa shape index (κ3) is 4.17. The molecule has 2 aromatic carbocycles. The van der Waals surface area contributed by atoms with Crippen molar-refractivity contribution in [2.75, 3.05) is 7.11 Å². The molecule has 0 heterocycles. The molecule has 0 aliphatic carbocycles. The number of esters is 1. The van der Waals surface area contributed by atoms with E-state index >= 15 is 0 Å². The molecule has 0 saturated heterocycles. The number of ether oxygens (including phenoxy) is 1. The molecule has 0 aromatic heterocycles. The Bertz CT molecular complexity index is 782. The third-order valence-electron chi connectivity index (χ3n) is 3.46. The van der Waals surface area contributed by atoms with Gasteiger partial charge in [0.05, 0.1) is 18.7 Å². The van der Waals surface area contributed by atoms with Gasteiger partial charge in [-0.3, -0.25) is 4.79 Å². The van der Waals surface area contributed by atoms with Crippen LogP contribution in [0.15, 0.2) is 48.5 Å². The van der Waals surface area contributed by atoms with Crippen molar-refractivity contribution in [3.05, 3.63) is 71.0 Å². The van der Waals surface area contributed by atoms with E-state index in [0.29, 0.717) is 11.1 Å². The standard InChI is InChI=1S/C18H15FN2O3/c1-24-18(23)16(10-13-4-2-3-5-14(13)11-20)21-17(22)12-6-8-15(19)9-7-12/h2-9,16H,10H2,1H3,(H,21,22)/t16-/m1/s1. The number of amides is 1. The molecule has 122 valence electrons. The van der Waals surface area contributed by atoms with E-state index in [1.54, 1.807) is 24.3 Å². The van der Waals surface area contributed by atoms with E-state index in [1.165, 1.54) is 19.2 Å². The number of halogens is 1. The normalized spacial score (nSPS) is 11.2. The number of nitrogens with one attached hydrogen (secondary N) is 1. The highest BCUT2D eigenvalue weighted by Gasteiger charge is 2.23. The first kappa shape index (κ1) is 17.2. The molecule has 6 heteroatoms. The van der Waals surface area contributed by atoms with Gasteiger partial charge in [0.15, 0.2) is 0 Å². The van der Waals surface area contributed by atoms with E-state index in [4.69, 9.17) is 10.00 Å². The number of nitrogens with zero attached hydrogens (tertiary/aromatic N) is 1. The molecule has 2 rings (SSSR count). The monoisotopic (exact) mass is 326 g/mol. The third-order valence-corrected chi connectivity index (χ3v) is 3.46. The average molecular weight is 326 g/mol. The minimum atomic E-state index is -0.956. The maximum Gasteiger partial charge on any atom is 0.328 e. The maximum absolute atomic E-state index is 12.9. The van der Waals surface area contributed by atoms with Crippen molar-refractivity contribution >= 4 is 11.9 Å². The largest absolute Gasteiger partial charge is 0.467 e. The molecule has 0 radical (unpaired) electrons. The second kappa shape index (κ2) is 7.88. The molecule has 0 unspecified atom stereocenters. The number of nitriles is 1. The highest BCUT2D eigenvalue weighted by molar-refractivity contribution is 5.96. The molecule has 24 heavy (non-hydrogen) atoms. The van der Waals surface area contributed by atoms with E-state index in [-0.39, 0.29) is 12.0 Å². The van der Waals surface area contributed by atoms with Gasteiger partial charge in [-0.1, -0.05) is 18.2 Å². The fraction of sp³-hybridized carbons (Fsp3) is 0.167. The van der Waals surface area contributed by atoms with Crippen LogP contribution in [0, 0.1) is 17.1 Å². The van der Waals surface area contributed by atoms with Crippen LogP contribution < -0.4 is 5.32 Å². The summed E-state index contributed by atoms with van der Waals surface area (Å²) in [6, 6.07) is 12.8. The smallest absolute Gasteiger partial charge is 0.328 e. The zero-order valence-corrected chi connectivity index (χ0v) is 13.0. The van der Waals surface area contributed by atoms with Crippen LogP contribution in [0.2, 0.25) is 0 Å². The van der Waals surface area contributed by atoms with Gasteiger partial charge in [-0.2, -0.15) is 5.26 Å². The summed E-state index contributed by atoms with van der Waals surface area (Å²) < 4.78 is 17.6. The molecule has 1 amide bonds. The second-order valence-corrected chi connectivity index (χ2v) is 5.03. The molecule has 0 aliphatic rings. The van der Waals surface area contributed by atoms with E-state index in [9.17, 15) is 14.0 Å². The fourth-order valence-corrected chi connectivity index (χ4v) is 2.21. The van der Waals surface area contributed by atoms with Crippen LogP contribution in [0.5, 0.6) is 0 Å². The van der Waals surface area contributed by atoms with Gasteiger partial charge in [-0.25, -0.2) is 9.18 Å². The quantitative estimate of drug-likeness (QED) is 0.855. The van der Waals surface area contributed by atoms with Crippen LogP contribution in [0.4, 0.5) is 4.39 Å². The Kier molecular flexibility index (Phi) is 5.63. The zero-order valence-electron chi connectivity index (χ0n) is 13.0. The summed E-state index contributed by atoms with van der Waals surface area (Å²) in [5, 5.41) is 11.7. The highest BCUT2D eigenvalue weighted by Crippen LogP contribution is 2.12. The number of rotatable bonds is 5. The topological polar surface area (TPSA) is 79.2 Å². The summed E-state index contributed by atoms with van der Waals surface area (Å²) in [5.41, 5.74) is 1.26. The van der Waals surface area contributed by atoms with Crippen LogP contribution in [-0.2, 0) is 16.0 Å². The average Bonchev–Trinajstić information content (AvgIpc) is 2.61. The first-order valence-corrected chi connectivity index (χ1v) is 7.17. The Morgan fingerprint density at radius 2 is 1.88 bits per heavy atom. The van der Waals surface area contributed by atoms with Gasteiger partial charge in [0.2, 0.25) is 0 Å². The zero-order chi connectivity index (χ0) is 17.5. The molecule has 0 saturated carbocycles. The summed E-state index contributed by atoms with van der Waals surface area (Å²) in [7, 11) is 1.22. The summed E-state index contributed by atoms with van der Waals surface area (Å²) >= 11 is 0. The first-order valence-electron chi connectivity index (χ1n) is 7.17. The Labute approximate surface area is 138 Å². The number of benzene rings is 2. The van der Waals surface area contributed by atoms with E-state index in [0.717, 1.165) is 12.1 Å². The van der Waals surface area contributed by atoms with Crippen LogP contribution in [0.25, 0.3) is 0 Å². The number of methoxy groups -OCH3 is 1. The lowest BCUT2D eigenvalue weighted by molar-refractivity contribution is -0.142. The van der Waals surface area contributed by atoms with Crippen molar-refractivity contribution in [3.63, 3.8) is 0 Å². The molecular formula is C18H15FN2O3. The van der Waals surface area contributed by atoms with E-state index in [1.807, 2.05) is 6.07 Å². The van der Waals surface area contributed by atoms with Crippen molar-refractivity contribution in [2.45, 2.75) is 12.5 Å². The molecule has 0 fully saturated rings. The molecule has 1 N–H and O–H groups in total. The van der Waals surface area contributed by atoms with Crippen molar-refractivity contribution in [1.82, 2.24) is 5.32 Å². The summed E-state index contributed by atoms with van der Waals surface area (Å²) in [6.45, 7) is 0. The summed E-state index contributed by atoms with van der Waals surface area (Å²) in [5.74, 6) is -1.61. The molecule has 1 atom stereocenters. The van der Waals surface area contributed by atoms with Crippen molar-refractivity contribution in [1.29, 1.82) is 5.26 Å². The first-order chi connectivity index (χ1) is 11.5. The lowest BCUT2D eigenvalue weighted by Gasteiger charge is -2.17. The maximum atomic E-state index is 12.9. The number of carbonyl (C=O) groups excluding carboxylic acids is 2. The predicted octanol–water partition coefficient (Wildman–Crippen LogP) is 2.21. The Morgan fingerprint density at radius 1 is 1.21 bits per heavy atom. The minimum Gasteiger partial charge on any atom is -0.467 e. The number of hydrogen-bond acceptors (Lipinski definition) is 4.